The summed E-state index contributed by atoms with van der Waals surface area (Å²) in [6.45, 7) is 0. The van der Waals surface area contributed by atoms with Crippen molar-refractivity contribution in [3.63, 3.8) is 0 Å². The quantitative estimate of drug-likeness (QED) is 0.394. The van der Waals surface area contributed by atoms with E-state index in [1.165, 1.54) is 12.1 Å². The maximum atomic E-state index is 11.6. The van der Waals surface area contributed by atoms with E-state index in [9.17, 15) is 18.1 Å². The molecule has 0 aliphatic rings. The molecule has 134 valence electrons. The monoisotopic (exact) mass is 379 g/mol. The van der Waals surface area contributed by atoms with Gasteiger partial charge in [-0.25, -0.2) is 0 Å². The Bertz CT molecular complexity index is 1320. The summed E-state index contributed by atoms with van der Waals surface area (Å²) in [5.74, 6) is -0.0873. The van der Waals surface area contributed by atoms with E-state index < -0.39 is 10.1 Å². The summed E-state index contributed by atoms with van der Waals surface area (Å²) in [4.78, 5) is 3.94. The fourth-order valence-electron chi connectivity index (χ4n) is 2.88. The molecule has 0 spiro atoms. The van der Waals surface area contributed by atoms with Gasteiger partial charge in [-0.2, -0.15) is 8.42 Å². The third-order valence-corrected chi connectivity index (χ3v) is 5.04. The maximum Gasteiger partial charge on any atom is 0.295 e. The fraction of sp³-hybridized carbons (Fsp3) is 0. The molecule has 0 radical (unpaired) electrons. The summed E-state index contributed by atoms with van der Waals surface area (Å²) >= 11 is 0. The first-order valence-electron chi connectivity index (χ1n) is 7.93. The van der Waals surface area contributed by atoms with Crippen molar-refractivity contribution in [3.05, 3.63) is 66.9 Å². The van der Waals surface area contributed by atoms with Crippen molar-refractivity contribution in [1.82, 2.24) is 4.98 Å². The number of fused-ring (bicyclic) bond motifs is 2. The molecule has 0 aliphatic heterocycles. The zero-order valence-electron chi connectivity index (χ0n) is 13.8. The molecule has 0 amide bonds. The number of hydrogen-bond acceptors (Lipinski definition) is 6. The predicted molar refractivity (Wildman–Crippen MR) is 101 cm³/mol. The average Bonchev–Trinajstić information content (AvgIpc) is 2.66. The molecular formula is C19H13N3O4S. The van der Waals surface area contributed by atoms with Crippen molar-refractivity contribution >= 4 is 43.2 Å². The second-order valence-electron chi connectivity index (χ2n) is 5.81. The lowest BCUT2D eigenvalue weighted by molar-refractivity contribution is 0.481. The topological polar surface area (TPSA) is 112 Å². The van der Waals surface area contributed by atoms with Crippen LogP contribution in [0.4, 0.5) is 11.4 Å². The van der Waals surface area contributed by atoms with Crippen LogP contribution in [0.1, 0.15) is 0 Å². The van der Waals surface area contributed by atoms with Crippen LogP contribution in [-0.2, 0) is 10.1 Å². The van der Waals surface area contributed by atoms with Gasteiger partial charge in [0.2, 0.25) is 0 Å². The smallest absolute Gasteiger partial charge is 0.295 e. The third kappa shape index (κ3) is 3.12. The summed E-state index contributed by atoms with van der Waals surface area (Å²) in [7, 11) is -4.36. The van der Waals surface area contributed by atoms with Gasteiger partial charge in [-0.15, -0.1) is 10.2 Å². The van der Waals surface area contributed by atoms with Crippen LogP contribution >= 0.6 is 0 Å². The first-order valence-corrected chi connectivity index (χ1v) is 9.37. The van der Waals surface area contributed by atoms with Gasteiger partial charge < -0.3 is 5.11 Å². The van der Waals surface area contributed by atoms with E-state index in [0.29, 0.717) is 22.0 Å². The van der Waals surface area contributed by atoms with Gasteiger partial charge >= 0.3 is 0 Å². The van der Waals surface area contributed by atoms with Crippen molar-refractivity contribution in [2.75, 3.05) is 0 Å². The zero-order valence-corrected chi connectivity index (χ0v) is 14.6. The Kier molecular flexibility index (Phi) is 4.06. The standard InChI is InChI=1S/C19H13N3O4S/c23-19-16(10-9-12-4-3-11-20-18(12)19)22-21-15-7-1-6-14-13(15)5-2-8-17(14)27(24,25)26/h1-11,23H,(H,24,25,26). The number of benzene rings is 3. The van der Waals surface area contributed by atoms with Crippen molar-refractivity contribution in [1.29, 1.82) is 0 Å². The highest BCUT2D eigenvalue weighted by Crippen LogP contribution is 2.36. The summed E-state index contributed by atoms with van der Waals surface area (Å²) in [5, 5.41) is 20.2. The van der Waals surface area contributed by atoms with E-state index in [1.807, 2.05) is 6.07 Å². The molecule has 0 atom stereocenters. The number of aromatic hydroxyl groups is 1. The molecule has 3 aromatic carbocycles. The number of azo groups is 1. The van der Waals surface area contributed by atoms with E-state index in [2.05, 4.69) is 15.2 Å². The van der Waals surface area contributed by atoms with Gasteiger partial charge in [0.1, 0.15) is 16.1 Å². The molecule has 0 aliphatic carbocycles. The summed E-state index contributed by atoms with van der Waals surface area (Å²) in [5.41, 5.74) is 1.06. The molecule has 2 N–H and O–H groups in total. The molecule has 27 heavy (non-hydrogen) atoms. The third-order valence-electron chi connectivity index (χ3n) is 4.13. The van der Waals surface area contributed by atoms with Gasteiger partial charge in [-0.3, -0.25) is 9.54 Å². The van der Waals surface area contributed by atoms with Crippen LogP contribution in [0, 0.1) is 0 Å². The molecule has 1 aromatic heterocycles. The van der Waals surface area contributed by atoms with Gasteiger partial charge in [0, 0.05) is 22.4 Å². The number of aromatic nitrogens is 1. The van der Waals surface area contributed by atoms with Crippen LogP contribution in [-0.4, -0.2) is 23.1 Å². The average molecular weight is 379 g/mol. The molecule has 0 unspecified atom stereocenters. The molecule has 1 heterocycles. The predicted octanol–water partition coefficient (Wildman–Crippen LogP) is 4.76. The van der Waals surface area contributed by atoms with Crippen LogP contribution < -0.4 is 0 Å². The number of pyridine rings is 1. The number of rotatable bonds is 3. The molecule has 0 fully saturated rings. The van der Waals surface area contributed by atoms with E-state index in [4.69, 9.17) is 0 Å². The number of phenols is 1. The van der Waals surface area contributed by atoms with Gasteiger partial charge in [-0.05, 0) is 24.3 Å². The molecule has 4 aromatic rings. The van der Waals surface area contributed by atoms with Crippen molar-refractivity contribution < 1.29 is 18.1 Å². The minimum absolute atomic E-state index is 0.0873. The number of hydrogen-bond donors (Lipinski definition) is 2. The Labute approximate surface area is 154 Å². The molecule has 0 saturated carbocycles. The minimum atomic E-state index is -4.36. The summed E-state index contributed by atoms with van der Waals surface area (Å²) < 4.78 is 32.5. The Morgan fingerprint density at radius 3 is 2.37 bits per heavy atom. The Morgan fingerprint density at radius 1 is 0.815 bits per heavy atom. The van der Waals surface area contributed by atoms with Crippen LogP contribution in [0.15, 0.2) is 82.0 Å². The van der Waals surface area contributed by atoms with Crippen LogP contribution in [0.5, 0.6) is 5.75 Å². The molecular weight excluding hydrogens is 366 g/mol. The second kappa shape index (κ2) is 6.42. The first-order chi connectivity index (χ1) is 12.9. The van der Waals surface area contributed by atoms with Gasteiger partial charge in [0.15, 0.2) is 5.75 Å². The van der Waals surface area contributed by atoms with E-state index in [-0.39, 0.29) is 16.3 Å². The molecule has 8 heteroatoms. The molecule has 0 bridgehead atoms. The summed E-state index contributed by atoms with van der Waals surface area (Å²) in [6, 6.07) is 16.4. The van der Waals surface area contributed by atoms with Crippen molar-refractivity contribution in [2.24, 2.45) is 10.2 Å². The largest absolute Gasteiger partial charge is 0.504 e. The second-order valence-corrected chi connectivity index (χ2v) is 7.20. The molecule has 4 rings (SSSR count). The van der Waals surface area contributed by atoms with E-state index in [0.717, 1.165) is 5.39 Å². The van der Waals surface area contributed by atoms with E-state index in [1.54, 1.807) is 48.7 Å². The van der Waals surface area contributed by atoms with Gasteiger partial charge in [-0.1, -0.05) is 36.4 Å². The normalized spacial score (nSPS) is 12.2. The minimum Gasteiger partial charge on any atom is -0.504 e. The van der Waals surface area contributed by atoms with Crippen LogP contribution in [0.2, 0.25) is 0 Å². The van der Waals surface area contributed by atoms with Gasteiger partial charge in [0.05, 0.1) is 5.69 Å². The lowest BCUT2D eigenvalue weighted by Crippen LogP contribution is -1.98. The van der Waals surface area contributed by atoms with Crippen LogP contribution in [0.3, 0.4) is 0 Å². The number of phenolic OH excluding ortho intramolecular Hbond substituents is 1. The fourth-order valence-corrected chi connectivity index (χ4v) is 3.59. The molecule has 0 saturated heterocycles. The van der Waals surface area contributed by atoms with Crippen LogP contribution in [0.25, 0.3) is 21.7 Å². The SMILES string of the molecule is O=S(=O)(O)c1cccc2c(N=Nc3ccc4cccnc4c3O)cccc12. The highest BCUT2D eigenvalue weighted by atomic mass is 32.2. The van der Waals surface area contributed by atoms with Gasteiger partial charge in [0.25, 0.3) is 10.1 Å². The lowest BCUT2D eigenvalue weighted by atomic mass is 10.1. The van der Waals surface area contributed by atoms with Crippen molar-refractivity contribution in [3.8, 4) is 5.75 Å². The first kappa shape index (κ1) is 17.1. The zero-order chi connectivity index (χ0) is 19.0. The van der Waals surface area contributed by atoms with Crippen molar-refractivity contribution in [2.45, 2.75) is 4.90 Å². The highest BCUT2D eigenvalue weighted by Gasteiger charge is 2.15. The number of nitrogens with zero attached hydrogens (tertiary/aromatic N) is 3. The van der Waals surface area contributed by atoms with E-state index >= 15 is 0 Å². The molecule has 7 nitrogen and oxygen atoms in total. The Hall–Kier alpha value is -3.36. The maximum absolute atomic E-state index is 11.6. The highest BCUT2D eigenvalue weighted by molar-refractivity contribution is 7.86. The Balaban J connectivity index is 1.84. The lowest BCUT2D eigenvalue weighted by Gasteiger charge is -2.06. The Morgan fingerprint density at radius 2 is 1.56 bits per heavy atom. The summed E-state index contributed by atoms with van der Waals surface area (Å²) in [6.07, 6.45) is 1.57.